The molecule has 0 atom stereocenters. The average molecular weight is 183 g/mol. The van der Waals surface area contributed by atoms with Gasteiger partial charge in [-0.1, -0.05) is 35.9 Å². The van der Waals surface area contributed by atoms with Crippen LogP contribution < -0.4 is 0 Å². The summed E-state index contributed by atoms with van der Waals surface area (Å²) in [4.78, 5) is 0. The van der Waals surface area contributed by atoms with E-state index in [1.165, 1.54) is 5.54 Å². The van der Waals surface area contributed by atoms with Crippen LogP contribution in [0.1, 0.15) is 0 Å². The molecule has 0 aliphatic rings. The van der Waals surface area contributed by atoms with Gasteiger partial charge in [0.25, 0.3) is 0 Å². The van der Waals surface area contributed by atoms with Crippen LogP contribution in [-0.2, 0) is 0 Å². The van der Waals surface area contributed by atoms with Crippen LogP contribution in [0, 0.1) is 0 Å². The zero-order chi connectivity index (χ0) is 7.11. The minimum atomic E-state index is 0.683. The molecule has 0 radical (unpaired) electrons. The van der Waals surface area contributed by atoms with E-state index >= 15 is 0 Å². The van der Waals surface area contributed by atoms with E-state index in [-0.39, 0.29) is 0 Å². The fourth-order valence-electron chi connectivity index (χ4n) is 0.274. The smallest absolute Gasteiger partial charge is 0.0289 e. The summed E-state index contributed by atoms with van der Waals surface area (Å²) in [5.74, 6) is 1.69. The maximum atomic E-state index is 5.48. The summed E-state index contributed by atoms with van der Waals surface area (Å²) >= 11 is 12.4. The second-order valence-electron chi connectivity index (χ2n) is 1.39. The highest BCUT2D eigenvalue weighted by molar-refractivity contribution is 7.99. The van der Waals surface area contributed by atoms with Gasteiger partial charge in [0, 0.05) is 22.1 Å². The second-order valence-corrected chi connectivity index (χ2v) is 3.21. The first kappa shape index (κ1) is 9.41. The van der Waals surface area contributed by atoms with Gasteiger partial charge in [-0.2, -0.15) is 11.8 Å². The van der Waals surface area contributed by atoms with E-state index < -0.39 is 0 Å². The van der Waals surface area contributed by atoms with E-state index in [9.17, 15) is 0 Å². The van der Waals surface area contributed by atoms with E-state index in [2.05, 4.69) is 6.58 Å². The maximum absolute atomic E-state index is 5.48. The summed E-state index contributed by atoms with van der Waals surface area (Å²) in [6.07, 6.45) is 1.87. The minimum absolute atomic E-state index is 0.683. The standard InChI is InChI=1S/C6H8Cl2S/c1-6(8)5-9-4-2-3-7/h2-3H,1,4-5H2. The highest BCUT2D eigenvalue weighted by Gasteiger charge is 1.85. The fraction of sp³-hybridized carbons (Fsp3) is 0.333. The molecule has 9 heavy (non-hydrogen) atoms. The van der Waals surface area contributed by atoms with Crippen molar-refractivity contribution in [3.05, 3.63) is 23.2 Å². The van der Waals surface area contributed by atoms with Gasteiger partial charge in [0.1, 0.15) is 0 Å². The van der Waals surface area contributed by atoms with Crippen molar-refractivity contribution in [1.29, 1.82) is 0 Å². The predicted molar refractivity (Wildman–Crippen MR) is 47.3 cm³/mol. The molecule has 0 heterocycles. The van der Waals surface area contributed by atoms with Gasteiger partial charge in [0.15, 0.2) is 0 Å². The molecule has 0 aromatic rings. The number of halogens is 2. The Morgan fingerprint density at radius 3 is 2.78 bits per heavy atom. The third kappa shape index (κ3) is 8.41. The van der Waals surface area contributed by atoms with Crippen LogP contribution >= 0.6 is 35.0 Å². The third-order valence-corrected chi connectivity index (χ3v) is 2.01. The summed E-state index contributed by atoms with van der Waals surface area (Å²) in [6.45, 7) is 3.54. The molecule has 52 valence electrons. The van der Waals surface area contributed by atoms with Gasteiger partial charge in [-0.3, -0.25) is 0 Å². The molecule has 0 aromatic carbocycles. The summed E-state index contributed by atoms with van der Waals surface area (Å²) in [5, 5.41) is 0.683. The van der Waals surface area contributed by atoms with Gasteiger partial charge in [-0.25, -0.2) is 0 Å². The van der Waals surface area contributed by atoms with Crippen LogP contribution in [0.3, 0.4) is 0 Å². The van der Waals surface area contributed by atoms with E-state index in [0.717, 1.165) is 11.5 Å². The lowest BCUT2D eigenvalue weighted by Crippen LogP contribution is -1.76. The Morgan fingerprint density at radius 1 is 1.67 bits per heavy atom. The van der Waals surface area contributed by atoms with E-state index in [0.29, 0.717) is 5.03 Å². The number of rotatable bonds is 4. The molecular weight excluding hydrogens is 175 g/mol. The second kappa shape index (κ2) is 6.53. The molecule has 0 saturated carbocycles. The van der Waals surface area contributed by atoms with Gasteiger partial charge < -0.3 is 0 Å². The summed E-state index contributed by atoms with van der Waals surface area (Å²) in [5.41, 5.74) is 1.50. The Kier molecular flexibility index (Phi) is 6.83. The molecule has 0 bridgehead atoms. The summed E-state index contributed by atoms with van der Waals surface area (Å²) in [7, 11) is 0. The van der Waals surface area contributed by atoms with Crippen molar-refractivity contribution in [2.45, 2.75) is 0 Å². The lowest BCUT2D eigenvalue weighted by atomic mass is 10.7. The normalized spacial score (nSPS) is 10.4. The SMILES string of the molecule is C=C(Cl)CSCC=CCl. The van der Waals surface area contributed by atoms with Gasteiger partial charge in [0.05, 0.1) is 0 Å². The fourth-order valence-corrected chi connectivity index (χ4v) is 1.27. The molecule has 0 aliphatic heterocycles. The predicted octanol–water partition coefficient (Wildman–Crippen LogP) is 3.22. The summed E-state index contributed by atoms with van der Waals surface area (Å²) in [6, 6.07) is 0. The average Bonchev–Trinajstić information content (AvgIpc) is 1.80. The van der Waals surface area contributed by atoms with Crippen LogP contribution in [0.4, 0.5) is 0 Å². The van der Waals surface area contributed by atoms with Crippen LogP contribution in [0.15, 0.2) is 23.2 Å². The molecule has 0 aliphatic carbocycles. The van der Waals surface area contributed by atoms with Crippen LogP contribution in [0.25, 0.3) is 0 Å². The molecule has 0 nitrogen and oxygen atoms in total. The zero-order valence-electron chi connectivity index (χ0n) is 4.94. The Balaban J connectivity index is 3.01. The number of hydrogen-bond donors (Lipinski definition) is 0. The minimum Gasteiger partial charge on any atom is -0.152 e. The maximum Gasteiger partial charge on any atom is 0.0289 e. The van der Waals surface area contributed by atoms with Crippen molar-refractivity contribution in [2.24, 2.45) is 0 Å². The number of hydrogen-bond acceptors (Lipinski definition) is 1. The molecule has 0 fully saturated rings. The summed E-state index contributed by atoms with van der Waals surface area (Å²) < 4.78 is 0. The number of thioether (sulfide) groups is 1. The Bertz CT molecular complexity index is 110. The van der Waals surface area contributed by atoms with Crippen molar-refractivity contribution in [2.75, 3.05) is 11.5 Å². The molecule has 0 spiro atoms. The monoisotopic (exact) mass is 182 g/mol. The third-order valence-electron chi connectivity index (χ3n) is 0.562. The Morgan fingerprint density at radius 2 is 2.33 bits per heavy atom. The van der Waals surface area contributed by atoms with E-state index in [1.807, 2.05) is 6.08 Å². The van der Waals surface area contributed by atoms with E-state index in [1.54, 1.807) is 11.8 Å². The van der Waals surface area contributed by atoms with Crippen LogP contribution in [-0.4, -0.2) is 11.5 Å². The van der Waals surface area contributed by atoms with Gasteiger partial charge in [-0.15, -0.1) is 0 Å². The van der Waals surface area contributed by atoms with Gasteiger partial charge in [-0.05, 0) is 0 Å². The van der Waals surface area contributed by atoms with E-state index in [4.69, 9.17) is 23.2 Å². The molecule has 0 N–H and O–H groups in total. The van der Waals surface area contributed by atoms with Crippen LogP contribution in [0.2, 0.25) is 0 Å². The Labute approximate surface area is 69.9 Å². The van der Waals surface area contributed by atoms with Crippen molar-refractivity contribution < 1.29 is 0 Å². The molecule has 0 aromatic heterocycles. The first-order valence-corrected chi connectivity index (χ1v) is 4.40. The quantitative estimate of drug-likeness (QED) is 0.603. The molecule has 0 saturated heterocycles. The zero-order valence-corrected chi connectivity index (χ0v) is 7.27. The lowest BCUT2D eigenvalue weighted by Gasteiger charge is -1.91. The topological polar surface area (TPSA) is 0 Å². The highest BCUT2D eigenvalue weighted by Crippen LogP contribution is 2.08. The first-order chi connectivity index (χ1) is 4.27. The van der Waals surface area contributed by atoms with Gasteiger partial charge in [0.2, 0.25) is 0 Å². The van der Waals surface area contributed by atoms with Crippen molar-refractivity contribution >= 4 is 35.0 Å². The molecule has 0 rings (SSSR count). The van der Waals surface area contributed by atoms with Crippen LogP contribution in [0.5, 0.6) is 0 Å². The van der Waals surface area contributed by atoms with Crippen molar-refractivity contribution in [3.63, 3.8) is 0 Å². The molecule has 0 unspecified atom stereocenters. The van der Waals surface area contributed by atoms with Gasteiger partial charge >= 0.3 is 0 Å². The molecule has 0 amide bonds. The first-order valence-electron chi connectivity index (χ1n) is 2.43. The molecular formula is C6H8Cl2S. The Hall–Kier alpha value is 0.410. The largest absolute Gasteiger partial charge is 0.152 e. The van der Waals surface area contributed by atoms with Crippen molar-refractivity contribution in [1.82, 2.24) is 0 Å². The lowest BCUT2D eigenvalue weighted by molar-refractivity contribution is 1.69. The van der Waals surface area contributed by atoms with Crippen molar-refractivity contribution in [3.8, 4) is 0 Å². The molecule has 3 heteroatoms. The highest BCUT2D eigenvalue weighted by atomic mass is 35.5.